The molecule has 0 aliphatic rings. The molecule has 0 bridgehead atoms. The van der Waals surface area contributed by atoms with Crippen LogP contribution in [0.3, 0.4) is 0 Å². The van der Waals surface area contributed by atoms with Gasteiger partial charge in [0.2, 0.25) is 0 Å². The van der Waals surface area contributed by atoms with Crippen LogP contribution in [0, 0.1) is 6.92 Å². The van der Waals surface area contributed by atoms with Gasteiger partial charge in [0, 0.05) is 6.04 Å². The van der Waals surface area contributed by atoms with E-state index in [9.17, 15) is 0 Å². The van der Waals surface area contributed by atoms with Crippen molar-refractivity contribution >= 4 is 0 Å². The van der Waals surface area contributed by atoms with E-state index in [1.54, 1.807) is 0 Å². The summed E-state index contributed by atoms with van der Waals surface area (Å²) in [5.74, 6) is 0. The molecule has 0 saturated heterocycles. The second kappa shape index (κ2) is 12.0. The van der Waals surface area contributed by atoms with E-state index < -0.39 is 0 Å². The zero-order chi connectivity index (χ0) is 11.4. The third kappa shape index (κ3) is 13.9. The van der Waals surface area contributed by atoms with Crippen LogP contribution >= 0.6 is 0 Å². The van der Waals surface area contributed by atoms with Gasteiger partial charge in [-0.15, -0.1) is 0 Å². The van der Waals surface area contributed by atoms with Crippen LogP contribution in [0.1, 0.15) is 52.4 Å². The summed E-state index contributed by atoms with van der Waals surface area (Å²) in [6.45, 7) is 11.7. The molecule has 0 atom stereocenters. The van der Waals surface area contributed by atoms with Crippen LogP contribution in [0.4, 0.5) is 0 Å². The van der Waals surface area contributed by atoms with E-state index >= 15 is 0 Å². The first-order valence-electron chi connectivity index (χ1n) is 6.50. The van der Waals surface area contributed by atoms with Gasteiger partial charge in [-0.25, -0.2) is 0 Å². The lowest BCUT2D eigenvalue weighted by Gasteiger charge is -2.07. The lowest BCUT2D eigenvalue weighted by Crippen LogP contribution is -2.23. The molecule has 0 fully saturated rings. The standard InChI is InChI=1S/C13H29N2/c1-4-5-10-14-11-8-6-7-9-12-15-13(2)3/h13-15H,1,4-12H2,2-3H3. The van der Waals surface area contributed by atoms with Crippen molar-refractivity contribution in [3.8, 4) is 0 Å². The molecule has 15 heavy (non-hydrogen) atoms. The van der Waals surface area contributed by atoms with Gasteiger partial charge in [0.1, 0.15) is 0 Å². The quantitative estimate of drug-likeness (QED) is 0.516. The molecule has 0 aromatic carbocycles. The Morgan fingerprint density at radius 2 is 1.47 bits per heavy atom. The van der Waals surface area contributed by atoms with Gasteiger partial charge in [0.15, 0.2) is 0 Å². The van der Waals surface area contributed by atoms with Crippen molar-refractivity contribution in [2.75, 3.05) is 19.6 Å². The second-order valence-electron chi connectivity index (χ2n) is 4.48. The van der Waals surface area contributed by atoms with E-state index in [2.05, 4.69) is 31.4 Å². The average molecular weight is 213 g/mol. The molecule has 2 N–H and O–H groups in total. The third-order valence-electron chi connectivity index (χ3n) is 2.44. The Balaban J connectivity index is 2.87. The van der Waals surface area contributed by atoms with Crippen LogP contribution in [0.25, 0.3) is 0 Å². The van der Waals surface area contributed by atoms with Crippen LogP contribution in [0.15, 0.2) is 0 Å². The molecule has 0 amide bonds. The molecule has 0 aromatic rings. The minimum atomic E-state index is 0.634. The molecule has 0 unspecified atom stereocenters. The van der Waals surface area contributed by atoms with Crippen molar-refractivity contribution in [1.29, 1.82) is 0 Å². The molecule has 0 spiro atoms. The molecule has 0 saturated carbocycles. The lowest BCUT2D eigenvalue weighted by molar-refractivity contribution is 0.531. The monoisotopic (exact) mass is 213 g/mol. The minimum absolute atomic E-state index is 0.634. The fraction of sp³-hybridized carbons (Fsp3) is 0.923. The number of rotatable bonds is 11. The Hall–Kier alpha value is -0.0800. The fourth-order valence-electron chi connectivity index (χ4n) is 1.49. The maximum Gasteiger partial charge on any atom is 0.00103 e. The Kier molecular flexibility index (Phi) is 11.9. The Morgan fingerprint density at radius 1 is 0.867 bits per heavy atom. The van der Waals surface area contributed by atoms with E-state index in [0.717, 1.165) is 13.0 Å². The normalized spacial score (nSPS) is 11.2. The number of hydrogen-bond donors (Lipinski definition) is 2. The molecule has 1 radical (unpaired) electrons. The first-order valence-corrected chi connectivity index (χ1v) is 6.50. The summed E-state index contributed by atoms with van der Waals surface area (Å²) in [4.78, 5) is 0. The van der Waals surface area contributed by atoms with Crippen molar-refractivity contribution in [3.63, 3.8) is 0 Å². The molecule has 0 aliphatic carbocycles. The number of hydrogen-bond acceptors (Lipinski definition) is 2. The minimum Gasteiger partial charge on any atom is -0.317 e. The van der Waals surface area contributed by atoms with Gasteiger partial charge in [-0.05, 0) is 38.9 Å². The first-order chi connectivity index (χ1) is 7.27. The van der Waals surface area contributed by atoms with E-state index in [1.807, 2.05) is 0 Å². The summed E-state index contributed by atoms with van der Waals surface area (Å²) in [6, 6.07) is 0.634. The van der Waals surface area contributed by atoms with Crippen molar-refractivity contribution in [1.82, 2.24) is 10.6 Å². The molecular weight excluding hydrogens is 184 g/mol. The SMILES string of the molecule is [CH2]CCCNCCCCCCNC(C)C. The summed E-state index contributed by atoms with van der Waals surface area (Å²) in [5.41, 5.74) is 0. The maximum atomic E-state index is 3.82. The van der Waals surface area contributed by atoms with Gasteiger partial charge >= 0.3 is 0 Å². The van der Waals surface area contributed by atoms with Gasteiger partial charge in [-0.1, -0.05) is 40.0 Å². The van der Waals surface area contributed by atoms with Crippen LogP contribution in [0.2, 0.25) is 0 Å². The Labute approximate surface area is 96.2 Å². The molecule has 0 aliphatic heterocycles. The average Bonchev–Trinajstić information content (AvgIpc) is 2.20. The zero-order valence-corrected chi connectivity index (χ0v) is 10.6. The van der Waals surface area contributed by atoms with Gasteiger partial charge < -0.3 is 10.6 Å². The fourth-order valence-corrected chi connectivity index (χ4v) is 1.49. The molecule has 0 rings (SSSR count). The summed E-state index contributed by atoms with van der Waals surface area (Å²) < 4.78 is 0. The highest BCUT2D eigenvalue weighted by atomic mass is 14.9. The highest BCUT2D eigenvalue weighted by Crippen LogP contribution is 1.98. The summed E-state index contributed by atoms with van der Waals surface area (Å²) >= 11 is 0. The molecule has 2 heteroatoms. The van der Waals surface area contributed by atoms with E-state index in [-0.39, 0.29) is 0 Å². The lowest BCUT2D eigenvalue weighted by atomic mass is 10.2. The van der Waals surface area contributed by atoms with Crippen molar-refractivity contribution < 1.29 is 0 Å². The summed E-state index contributed by atoms with van der Waals surface area (Å²) in [7, 11) is 0. The molecule has 2 nitrogen and oxygen atoms in total. The predicted molar refractivity (Wildman–Crippen MR) is 69.1 cm³/mol. The van der Waals surface area contributed by atoms with Gasteiger partial charge in [-0.3, -0.25) is 0 Å². The predicted octanol–water partition coefficient (Wildman–Crippen LogP) is 2.75. The summed E-state index contributed by atoms with van der Waals surface area (Å²) in [6.07, 6.45) is 7.61. The van der Waals surface area contributed by atoms with Gasteiger partial charge in [0.05, 0.1) is 0 Å². The van der Waals surface area contributed by atoms with Crippen molar-refractivity contribution in [3.05, 3.63) is 6.92 Å². The number of nitrogens with one attached hydrogen (secondary N) is 2. The van der Waals surface area contributed by atoms with Gasteiger partial charge in [0.25, 0.3) is 0 Å². The molecular formula is C13H29N2. The zero-order valence-electron chi connectivity index (χ0n) is 10.6. The van der Waals surface area contributed by atoms with Gasteiger partial charge in [-0.2, -0.15) is 0 Å². The largest absolute Gasteiger partial charge is 0.317 e. The second-order valence-corrected chi connectivity index (χ2v) is 4.48. The maximum absolute atomic E-state index is 3.82. The van der Waals surface area contributed by atoms with Crippen LogP contribution in [-0.4, -0.2) is 25.7 Å². The van der Waals surface area contributed by atoms with Crippen LogP contribution in [-0.2, 0) is 0 Å². The van der Waals surface area contributed by atoms with Crippen molar-refractivity contribution in [2.45, 2.75) is 58.4 Å². The Bertz CT molecular complexity index is 113. The smallest absolute Gasteiger partial charge is 0.00103 e. The Morgan fingerprint density at radius 3 is 2.07 bits per heavy atom. The van der Waals surface area contributed by atoms with Crippen LogP contribution < -0.4 is 10.6 Å². The van der Waals surface area contributed by atoms with Crippen molar-refractivity contribution in [2.24, 2.45) is 0 Å². The first kappa shape index (κ1) is 14.9. The molecule has 91 valence electrons. The van der Waals surface area contributed by atoms with E-state index in [4.69, 9.17) is 0 Å². The third-order valence-corrected chi connectivity index (χ3v) is 2.44. The van der Waals surface area contributed by atoms with E-state index in [0.29, 0.717) is 6.04 Å². The topological polar surface area (TPSA) is 24.1 Å². The molecule has 0 aromatic heterocycles. The van der Waals surface area contributed by atoms with Crippen LogP contribution in [0.5, 0.6) is 0 Å². The molecule has 0 heterocycles. The van der Waals surface area contributed by atoms with E-state index in [1.165, 1.54) is 45.2 Å². The summed E-state index contributed by atoms with van der Waals surface area (Å²) in [5, 5.41) is 6.88. The highest BCUT2D eigenvalue weighted by Gasteiger charge is 1.92. The highest BCUT2D eigenvalue weighted by molar-refractivity contribution is 4.54. The number of unbranched alkanes of at least 4 members (excludes halogenated alkanes) is 4.